The van der Waals surface area contributed by atoms with Crippen LogP contribution in [0, 0.1) is 0 Å². The molecule has 0 radical (unpaired) electrons. The Kier molecular flexibility index (Phi) is 3.03. The summed E-state index contributed by atoms with van der Waals surface area (Å²) in [7, 11) is 1.42. The average Bonchev–Trinajstić information content (AvgIpc) is 2.08. The Morgan fingerprint density at radius 1 is 1.33 bits per heavy atom. The third-order valence-corrected chi connectivity index (χ3v) is 2.13. The molecular formula is C7H15NO4. The van der Waals surface area contributed by atoms with Crippen LogP contribution in [-0.4, -0.2) is 48.0 Å². The van der Waals surface area contributed by atoms with Crippen LogP contribution in [0.2, 0.25) is 0 Å². The van der Waals surface area contributed by atoms with E-state index in [-0.39, 0.29) is 0 Å². The Bertz CT molecular complexity index is 150. The van der Waals surface area contributed by atoms with Crippen molar-refractivity contribution in [1.29, 1.82) is 0 Å². The van der Waals surface area contributed by atoms with Crippen molar-refractivity contribution in [2.75, 3.05) is 7.11 Å². The van der Waals surface area contributed by atoms with Crippen LogP contribution in [-0.2, 0) is 9.47 Å². The van der Waals surface area contributed by atoms with Crippen molar-refractivity contribution in [3.8, 4) is 0 Å². The van der Waals surface area contributed by atoms with Crippen LogP contribution in [0.15, 0.2) is 0 Å². The maximum atomic E-state index is 9.39. The minimum atomic E-state index is -0.971. The van der Waals surface area contributed by atoms with Gasteiger partial charge in [-0.2, -0.15) is 0 Å². The van der Waals surface area contributed by atoms with E-state index in [4.69, 9.17) is 15.2 Å². The summed E-state index contributed by atoms with van der Waals surface area (Å²) in [5.74, 6) is 0. The lowest BCUT2D eigenvalue weighted by Crippen LogP contribution is -2.60. The lowest BCUT2D eigenvalue weighted by atomic mass is 9.98. The van der Waals surface area contributed by atoms with Crippen molar-refractivity contribution in [2.24, 2.45) is 5.73 Å². The summed E-state index contributed by atoms with van der Waals surface area (Å²) in [6.07, 6.45) is -2.96. The monoisotopic (exact) mass is 177 g/mol. The van der Waals surface area contributed by atoms with Crippen molar-refractivity contribution >= 4 is 0 Å². The molecular weight excluding hydrogens is 162 g/mol. The average molecular weight is 177 g/mol. The molecule has 4 N–H and O–H groups in total. The third kappa shape index (κ3) is 1.60. The van der Waals surface area contributed by atoms with Gasteiger partial charge in [-0.25, -0.2) is 0 Å². The number of aliphatic hydroxyl groups excluding tert-OH is 2. The van der Waals surface area contributed by atoms with E-state index in [1.54, 1.807) is 6.92 Å². The Morgan fingerprint density at radius 2 is 1.92 bits per heavy atom. The Hall–Kier alpha value is -0.200. The molecule has 0 saturated carbocycles. The Labute approximate surface area is 71.1 Å². The van der Waals surface area contributed by atoms with Crippen molar-refractivity contribution in [1.82, 2.24) is 0 Å². The summed E-state index contributed by atoms with van der Waals surface area (Å²) in [4.78, 5) is 0. The zero-order valence-electron chi connectivity index (χ0n) is 7.18. The van der Waals surface area contributed by atoms with E-state index in [0.29, 0.717) is 0 Å². The molecule has 1 aliphatic heterocycles. The van der Waals surface area contributed by atoms with Crippen molar-refractivity contribution in [3.63, 3.8) is 0 Å². The van der Waals surface area contributed by atoms with E-state index < -0.39 is 30.6 Å². The molecule has 0 aromatic heterocycles. The minimum absolute atomic E-state index is 0.409. The number of methoxy groups -OCH3 is 1. The van der Waals surface area contributed by atoms with Crippen LogP contribution in [0.25, 0.3) is 0 Å². The van der Waals surface area contributed by atoms with E-state index in [0.717, 1.165) is 0 Å². The topological polar surface area (TPSA) is 84.9 Å². The van der Waals surface area contributed by atoms with Gasteiger partial charge in [0.25, 0.3) is 0 Å². The molecule has 1 heterocycles. The van der Waals surface area contributed by atoms with E-state index in [9.17, 15) is 10.2 Å². The number of aliphatic hydroxyl groups is 2. The normalized spacial score (nSPS) is 49.2. The van der Waals surface area contributed by atoms with E-state index in [1.807, 2.05) is 0 Å². The minimum Gasteiger partial charge on any atom is -0.389 e. The van der Waals surface area contributed by atoms with Crippen LogP contribution >= 0.6 is 0 Å². The molecule has 5 heteroatoms. The molecule has 5 nitrogen and oxygen atoms in total. The summed E-state index contributed by atoms with van der Waals surface area (Å²) in [5, 5.41) is 18.8. The lowest BCUT2D eigenvalue weighted by molar-refractivity contribution is -0.258. The van der Waals surface area contributed by atoms with Gasteiger partial charge in [-0.05, 0) is 6.92 Å². The first kappa shape index (κ1) is 9.88. The summed E-state index contributed by atoms with van der Waals surface area (Å²) in [5.41, 5.74) is 5.52. The van der Waals surface area contributed by atoms with E-state index >= 15 is 0 Å². The van der Waals surface area contributed by atoms with Crippen molar-refractivity contribution in [2.45, 2.75) is 37.6 Å². The zero-order valence-corrected chi connectivity index (χ0v) is 7.18. The number of hydrogen-bond acceptors (Lipinski definition) is 5. The summed E-state index contributed by atoms with van der Waals surface area (Å²) in [6.45, 7) is 1.68. The molecule has 0 aliphatic carbocycles. The first-order valence-electron chi connectivity index (χ1n) is 3.88. The van der Waals surface area contributed by atoms with Crippen LogP contribution in [0.4, 0.5) is 0 Å². The Balaban J connectivity index is 2.63. The maximum absolute atomic E-state index is 9.39. The van der Waals surface area contributed by atoms with Gasteiger partial charge in [0.15, 0.2) is 6.29 Å². The zero-order chi connectivity index (χ0) is 9.30. The quantitative estimate of drug-likeness (QED) is 0.450. The molecule has 0 aromatic rings. The summed E-state index contributed by atoms with van der Waals surface area (Å²) >= 11 is 0. The highest BCUT2D eigenvalue weighted by Gasteiger charge is 2.40. The second-order valence-electron chi connectivity index (χ2n) is 3.00. The third-order valence-electron chi connectivity index (χ3n) is 2.13. The molecule has 0 unspecified atom stereocenters. The first-order chi connectivity index (χ1) is 5.57. The SMILES string of the molecule is CO[C@H]1O[C@H](C)[C@@H](O)[C@@H](N)[C@H]1O. The van der Waals surface area contributed by atoms with Crippen LogP contribution in [0.5, 0.6) is 0 Å². The van der Waals surface area contributed by atoms with Gasteiger partial charge in [0.2, 0.25) is 0 Å². The largest absolute Gasteiger partial charge is 0.389 e. The number of ether oxygens (including phenoxy) is 2. The predicted octanol–water partition coefficient (Wildman–Crippen LogP) is -1.57. The molecule has 0 bridgehead atoms. The van der Waals surface area contributed by atoms with Crippen molar-refractivity contribution < 1.29 is 19.7 Å². The fraction of sp³-hybridized carbons (Fsp3) is 1.00. The highest BCUT2D eigenvalue weighted by molar-refractivity contribution is 4.89. The molecule has 1 saturated heterocycles. The highest BCUT2D eigenvalue weighted by Crippen LogP contribution is 2.19. The molecule has 72 valence electrons. The van der Waals surface area contributed by atoms with Crippen LogP contribution in [0.3, 0.4) is 0 Å². The Morgan fingerprint density at radius 3 is 2.42 bits per heavy atom. The van der Waals surface area contributed by atoms with Gasteiger partial charge in [-0.1, -0.05) is 0 Å². The molecule has 5 atom stereocenters. The second-order valence-corrected chi connectivity index (χ2v) is 3.00. The number of rotatable bonds is 1. The summed E-state index contributed by atoms with van der Waals surface area (Å²) < 4.78 is 9.96. The van der Waals surface area contributed by atoms with Gasteiger partial charge < -0.3 is 25.4 Å². The smallest absolute Gasteiger partial charge is 0.185 e. The van der Waals surface area contributed by atoms with Gasteiger partial charge in [-0.3, -0.25) is 0 Å². The molecule has 1 fully saturated rings. The summed E-state index contributed by atoms with van der Waals surface area (Å²) in [6, 6.07) is -0.710. The van der Waals surface area contributed by atoms with Gasteiger partial charge in [0.1, 0.15) is 6.10 Å². The molecule has 1 rings (SSSR count). The van der Waals surface area contributed by atoms with Crippen molar-refractivity contribution in [3.05, 3.63) is 0 Å². The molecule has 1 aliphatic rings. The number of hydrogen-bond donors (Lipinski definition) is 3. The molecule has 12 heavy (non-hydrogen) atoms. The van der Waals surface area contributed by atoms with Crippen LogP contribution in [0.1, 0.15) is 6.92 Å². The fourth-order valence-electron chi connectivity index (χ4n) is 1.26. The second kappa shape index (κ2) is 3.68. The van der Waals surface area contributed by atoms with Crippen LogP contribution < -0.4 is 5.73 Å². The highest BCUT2D eigenvalue weighted by atomic mass is 16.7. The van der Waals surface area contributed by atoms with E-state index in [2.05, 4.69) is 0 Å². The van der Waals surface area contributed by atoms with Gasteiger partial charge in [0, 0.05) is 7.11 Å². The molecule has 0 aromatic carbocycles. The molecule has 0 amide bonds. The lowest BCUT2D eigenvalue weighted by Gasteiger charge is -2.39. The predicted molar refractivity (Wildman–Crippen MR) is 41.3 cm³/mol. The van der Waals surface area contributed by atoms with E-state index in [1.165, 1.54) is 7.11 Å². The number of nitrogens with two attached hydrogens (primary N) is 1. The van der Waals surface area contributed by atoms with Gasteiger partial charge >= 0.3 is 0 Å². The fourth-order valence-corrected chi connectivity index (χ4v) is 1.26. The standard InChI is InChI=1S/C7H15NO4/c1-3-5(9)4(8)6(10)7(11-2)12-3/h3-7,9-10H,8H2,1-2H3/t3-,4-,5-,6-,7+/m1/s1. The molecule has 0 spiro atoms. The van der Waals surface area contributed by atoms with Gasteiger partial charge in [0.05, 0.1) is 18.2 Å². The van der Waals surface area contributed by atoms with Gasteiger partial charge in [-0.15, -0.1) is 0 Å². The maximum Gasteiger partial charge on any atom is 0.185 e. The first-order valence-corrected chi connectivity index (χ1v) is 3.88.